The van der Waals surface area contributed by atoms with E-state index in [9.17, 15) is 9.59 Å². The van der Waals surface area contributed by atoms with Crippen LogP contribution in [0.2, 0.25) is 0 Å². The highest BCUT2D eigenvalue weighted by molar-refractivity contribution is 5.75. The van der Waals surface area contributed by atoms with Crippen molar-refractivity contribution >= 4 is 11.9 Å². The average molecular weight is 215 g/mol. The molecule has 0 aliphatic carbocycles. The normalized spacial score (nSPS) is 12.4. The minimum atomic E-state index is -0.840. The summed E-state index contributed by atoms with van der Waals surface area (Å²) in [6, 6.07) is 0. The molecule has 88 valence electrons. The van der Waals surface area contributed by atoms with Crippen LogP contribution in [-0.2, 0) is 9.59 Å². The van der Waals surface area contributed by atoms with Gasteiger partial charge in [-0.3, -0.25) is 9.59 Å². The zero-order valence-corrected chi connectivity index (χ0v) is 10.4. The van der Waals surface area contributed by atoms with Gasteiger partial charge in [0.05, 0.1) is 5.41 Å². The highest BCUT2D eigenvalue weighted by atomic mass is 16.4. The molecule has 0 aromatic carbocycles. The van der Waals surface area contributed by atoms with Gasteiger partial charge in [0.1, 0.15) is 0 Å². The van der Waals surface area contributed by atoms with Gasteiger partial charge in [0.15, 0.2) is 0 Å². The van der Waals surface area contributed by atoms with E-state index < -0.39 is 16.9 Å². The SMILES string of the molecule is CC(=O)N(C)C(C)(C)CC(C)(C)C(=O)O. The van der Waals surface area contributed by atoms with Gasteiger partial charge in [-0.15, -0.1) is 0 Å². The number of rotatable bonds is 4. The van der Waals surface area contributed by atoms with Crippen molar-refractivity contribution in [2.24, 2.45) is 5.41 Å². The molecule has 0 aromatic heterocycles. The summed E-state index contributed by atoms with van der Waals surface area (Å²) in [6.07, 6.45) is 0.422. The topological polar surface area (TPSA) is 57.6 Å². The van der Waals surface area contributed by atoms with Crippen molar-refractivity contribution in [3.63, 3.8) is 0 Å². The highest BCUT2D eigenvalue weighted by Gasteiger charge is 2.37. The average Bonchev–Trinajstić information content (AvgIpc) is 2.00. The zero-order valence-electron chi connectivity index (χ0n) is 10.4. The number of carboxylic acids is 1. The lowest BCUT2D eigenvalue weighted by atomic mass is 9.79. The van der Waals surface area contributed by atoms with Gasteiger partial charge in [0.25, 0.3) is 0 Å². The first-order valence-electron chi connectivity index (χ1n) is 4.98. The summed E-state index contributed by atoms with van der Waals surface area (Å²) >= 11 is 0. The largest absolute Gasteiger partial charge is 0.481 e. The molecule has 0 aliphatic rings. The first kappa shape index (κ1) is 13.9. The summed E-state index contributed by atoms with van der Waals surface area (Å²) in [5.41, 5.74) is -1.28. The molecule has 1 N–H and O–H groups in total. The second-order valence-corrected chi connectivity index (χ2v) is 5.26. The summed E-state index contributed by atoms with van der Waals surface area (Å²) < 4.78 is 0. The van der Waals surface area contributed by atoms with E-state index in [1.807, 2.05) is 13.8 Å². The first-order valence-corrected chi connectivity index (χ1v) is 4.98. The van der Waals surface area contributed by atoms with Crippen LogP contribution in [0.5, 0.6) is 0 Å². The summed E-state index contributed by atoms with van der Waals surface area (Å²) in [7, 11) is 1.69. The number of aliphatic carboxylic acids is 1. The number of hydrogen-bond donors (Lipinski definition) is 1. The Hall–Kier alpha value is -1.06. The van der Waals surface area contributed by atoms with Crippen molar-refractivity contribution in [1.29, 1.82) is 0 Å². The molecule has 0 fully saturated rings. The number of carboxylic acid groups (broad SMARTS) is 1. The molecule has 4 heteroatoms. The maximum absolute atomic E-state index is 11.2. The van der Waals surface area contributed by atoms with E-state index in [1.165, 1.54) is 6.92 Å². The van der Waals surface area contributed by atoms with Gasteiger partial charge in [-0.1, -0.05) is 0 Å². The van der Waals surface area contributed by atoms with E-state index in [0.29, 0.717) is 6.42 Å². The van der Waals surface area contributed by atoms with Crippen molar-refractivity contribution in [3.8, 4) is 0 Å². The molecule has 0 bridgehead atoms. The molecule has 0 saturated carbocycles. The van der Waals surface area contributed by atoms with Gasteiger partial charge in [-0.2, -0.15) is 0 Å². The van der Waals surface area contributed by atoms with Crippen LogP contribution in [0.1, 0.15) is 41.0 Å². The Morgan fingerprint density at radius 1 is 1.20 bits per heavy atom. The van der Waals surface area contributed by atoms with E-state index >= 15 is 0 Å². The quantitative estimate of drug-likeness (QED) is 0.777. The molecule has 1 amide bonds. The van der Waals surface area contributed by atoms with Crippen molar-refractivity contribution in [2.45, 2.75) is 46.6 Å². The standard InChI is InChI=1S/C11H21NO3/c1-8(13)12(6)11(4,5)7-10(2,3)9(14)15/h7H2,1-6H3,(H,14,15). The number of nitrogens with zero attached hydrogens (tertiary/aromatic N) is 1. The lowest BCUT2D eigenvalue weighted by Crippen LogP contribution is -2.48. The molecule has 0 atom stereocenters. The number of hydrogen-bond acceptors (Lipinski definition) is 2. The van der Waals surface area contributed by atoms with Crippen LogP contribution in [0.15, 0.2) is 0 Å². The molecule has 0 aromatic rings. The van der Waals surface area contributed by atoms with Crippen LogP contribution < -0.4 is 0 Å². The fourth-order valence-corrected chi connectivity index (χ4v) is 1.70. The smallest absolute Gasteiger partial charge is 0.309 e. The van der Waals surface area contributed by atoms with Gasteiger partial charge in [0.2, 0.25) is 5.91 Å². The van der Waals surface area contributed by atoms with E-state index in [2.05, 4.69) is 0 Å². The molecule has 0 spiro atoms. The number of carbonyl (C=O) groups is 2. The zero-order chi connectivity index (χ0) is 12.4. The van der Waals surface area contributed by atoms with Crippen molar-refractivity contribution in [2.75, 3.05) is 7.05 Å². The maximum Gasteiger partial charge on any atom is 0.309 e. The predicted molar refractivity (Wildman–Crippen MR) is 58.6 cm³/mol. The molecular formula is C11H21NO3. The van der Waals surface area contributed by atoms with Crippen LogP contribution in [-0.4, -0.2) is 34.5 Å². The number of carbonyl (C=O) groups excluding carboxylic acids is 1. The van der Waals surface area contributed by atoms with Crippen molar-refractivity contribution < 1.29 is 14.7 Å². The highest BCUT2D eigenvalue weighted by Crippen LogP contribution is 2.31. The fraction of sp³-hybridized carbons (Fsp3) is 0.818. The monoisotopic (exact) mass is 215 g/mol. The first-order chi connectivity index (χ1) is 6.50. The Bertz CT molecular complexity index is 269. The minimum Gasteiger partial charge on any atom is -0.481 e. The third-order valence-electron chi connectivity index (χ3n) is 2.83. The molecule has 0 radical (unpaired) electrons. The Morgan fingerprint density at radius 2 is 1.60 bits per heavy atom. The maximum atomic E-state index is 11.2. The van der Waals surface area contributed by atoms with Gasteiger partial charge in [-0.25, -0.2) is 0 Å². The van der Waals surface area contributed by atoms with E-state index in [0.717, 1.165) is 0 Å². The van der Waals surface area contributed by atoms with Crippen LogP contribution in [0.25, 0.3) is 0 Å². The van der Waals surface area contributed by atoms with E-state index in [4.69, 9.17) is 5.11 Å². The van der Waals surface area contributed by atoms with Crippen LogP contribution in [0, 0.1) is 5.41 Å². The summed E-state index contributed by atoms with van der Waals surface area (Å²) in [6.45, 7) is 8.57. The lowest BCUT2D eigenvalue weighted by Gasteiger charge is -2.39. The minimum absolute atomic E-state index is 0.0545. The Kier molecular flexibility index (Phi) is 3.91. The third kappa shape index (κ3) is 3.53. The van der Waals surface area contributed by atoms with Crippen molar-refractivity contribution in [1.82, 2.24) is 4.90 Å². The van der Waals surface area contributed by atoms with Crippen LogP contribution in [0.4, 0.5) is 0 Å². The van der Waals surface area contributed by atoms with Gasteiger partial charge in [-0.05, 0) is 34.1 Å². The second-order valence-electron chi connectivity index (χ2n) is 5.26. The lowest BCUT2D eigenvalue weighted by molar-refractivity contribution is -0.150. The molecule has 0 heterocycles. The molecular weight excluding hydrogens is 194 g/mol. The molecule has 4 nitrogen and oxygen atoms in total. The second kappa shape index (κ2) is 4.21. The molecule has 0 aliphatic heterocycles. The number of amides is 1. The van der Waals surface area contributed by atoms with Crippen molar-refractivity contribution in [3.05, 3.63) is 0 Å². The molecule has 15 heavy (non-hydrogen) atoms. The summed E-state index contributed by atoms with van der Waals surface area (Å²) in [4.78, 5) is 23.8. The molecule has 0 saturated heterocycles. The van der Waals surface area contributed by atoms with E-state index in [1.54, 1.807) is 25.8 Å². The van der Waals surface area contributed by atoms with E-state index in [-0.39, 0.29) is 5.91 Å². The Balaban J connectivity index is 4.78. The predicted octanol–water partition coefficient (Wildman–Crippen LogP) is 1.74. The molecule has 0 unspecified atom stereocenters. The fourth-order valence-electron chi connectivity index (χ4n) is 1.70. The summed E-state index contributed by atoms with van der Waals surface area (Å²) in [5.74, 6) is -0.895. The van der Waals surface area contributed by atoms with Gasteiger partial charge in [0, 0.05) is 19.5 Å². The molecule has 0 rings (SSSR count). The van der Waals surface area contributed by atoms with Gasteiger partial charge >= 0.3 is 5.97 Å². The Morgan fingerprint density at radius 3 is 1.87 bits per heavy atom. The summed E-state index contributed by atoms with van der Waals surface area (Å²) in [5, 5.41) is 9.02. The van der Waals surface area contributed by atoms with Crippen LogP contribution in [0.3, 0.4) is 0 Å². The van der Waals surface area contributed by atoms with Crippen LogP contribution >= 0.6 is 0 Å². The third-order valence-corrected chi connectivity index (χ3v) is 2.83. The van der Waals surface area contributed by atoms with Gasteiger partial charge < -0.3 is 10.0 Å². The Labute approximate surface area is 91.3 Å².